The number of sulfonamides is 1. The van der Waals surface area contributed by atoms with Crippen molar-refractivity contribution in [2.45, 2.75) is 115 Å². The SMILES string of the molecule is CS(=O)(=O)Cl.Cc1nc2cccc(-c3cc4c([nH]3)[C@@H](C)NC4=O)c2nc1N[C@H]1CCC[C@@H](N)C1.Cc1nc2cccc(-c3cc4c([nH]3)[C@@H](C)NC4=O)c2nc1N[C@H]1CCC[C@@H](NS(C)(=O)=O)C1. The van der Waals surface area contributed by atoms with Crippen molar-refractivity contribution >= 4 is 75.3 Å². The summed E-state index contributed by atoms with van der Waals surface area (Å²) < 4.78 is 44.8. The summed E-state index contributed by atoms with van der Waals surface area (Å²) in [5.74, 6) is 1.41. The predicted octanol–water partition coefficient (Wildman–Crippen LogP) is 6.61. The van der Waals surface area contributed by atoms with Crippen LogP contribution >= 0.6 is 10.7 Å². The predicted molar refractivity (Wildman–Crippen MR) is 262 cm³/mol. The van der Waals surface area contributed by atoms with Crippen molar-refractivity contribution in [3.8, 4) is 22.5 Å². The first kappa shape index (κ1) is 47.8. The summed E-state index contributed by atoms with van der Waals surface area (Å²) in [4.78, 5) is 50.6. The van der Waals surface area contributed by atoms with Gasteiger partial charge in [0.1, 0.15) is 22.7 Å². The van der Waals surface area contributed by atoms with E-state index < -0.39 is 19.1 Å². The van der Waals surface area contributed by atoms with Crippen LogP contribution in [0.1, 0.15) is 121 Å². The Morgan fingerprint density at radius 3 is 1.51 bits per heavy atom. The summed E-state index contributed by atoms with van der Waals surface area (Å²) in [5.41, 5.74) is 17.8. The Morgan fingerprint density at radius 1 is 0.642 bits per heavy atom. The first-order valence-corrected chi connectivity index (χ1v) is 27.1. The van der Waals surface area contributed by atoms with Gasteiger partial charge in [0, 0.05) is 57.4 Å². The number of amides is 2. The molecule has 6 atom stereocenters. The lowest BCUT2D eigenvalue weighted by atomic mass is 9.91. The van der Waals surface area contributed by atoms with E-state index in [1.165, 1.54) is 6.26 Å². The van der Waals surface area contributed by atoms with Gasteiger partial charge in [-0.2, -0.15) is 0 Å². The summed E-state index contributed by atoms with van der Waals surface area (Å²) in [5, 5.41) is 12.9. The van der Waals surface area contributed by atoms with Gasteiger partial charge in [0.05, 0.1) is 69.5 Å². The Hall–Kier alpha value is -5.67. The van der Waals surface area contributed by atoms with E-state index in [4.69, 9.17) is 25.7 Å². The molecule has 10 rings (SSSR count). The second-order valence-electron chi connectivity index (χ2n) is 18.1. The zero-order chi connectivity index (χ0) is 47.9. The van der Waals surface area contributed by atoms with Gasteiger partial charge in [-0.05, 0) is 103 Å². The van der Waals surface area contributed by atoms with E-state index in [0.29, 0.717) is 29.4 Å². The van der Waals surface area contributed by atoms with Gasteiger partial charge in [-0.15, -0.1) is 0 Å². The number of para-hydroxylation sites is 2. The van der Waals surface area contributed by atoms with Crippen LogP contribution in [0.5, 0.6) is 0 Å². The lowest BCUT2D eigenvalue weighted by Crippen LogP contribution is -2.41. The third-order valence-electron chi connectivity index (χ3n) is 12.5. The van der Waals surface area contributed by atoms with Crippen molar-refractivity contribution in [3.63, 3.8) is 0 Å². The van der Waals surface area contributed by atoms with Gasteiger partial charge in [0.15, 0.2) is 0 Å². The summed E-state index contributed by atoms with van der Waals surface area (Å²) in [6.45, 7) is 7.84. The summed E-state index contributed by atoms with van der Waals surface area (Å²) in [6, 6.07) is 16.2. The third kappa shape index (κ3) is 11.2. The standard InChI is InChI=1S/C23H28N6O3S.C22H26N6O.CH3ClO2S/c1-12-20-17(23(30)25-12)11-19(27-20)16-8-5-9-18-21(16)28-22(13(2)24-18)26-14-6-4-7-15(10-14)29-33(3,31)32;1-11-19-16(22(29)25-11)10-18(27-19)15-7-4-8-17-20(15)28-21(12(2)24-17)26-14-6-3-5-13(23)9-14;1-5(2,3)4/h5,8-9,11-12,14-15,27,29H,4,6-7,10H2,1-3H3,(H,25,30)(H,26,28);4,7-8,10-11,13-14,27H,3,5-6,9,23H2,1-2H3,(H,25,29)(H,26,28);1H3/t12-,14+,15-;11-,13-,14+;/m11./s1. The molecule has 0 radical (unpaired) electrons. The van der Waals surface area contributed by atoms with Crippen molar-refractivity contribution < 1.29 is 26.4 Å². The van der Waals surface area contributed by atoms with Gasteiger partial charge in [-0.3, -0.25) is 9.59 Å². The first-order valence-electron chi connectivity index (χ1n) is 22.5. The number of anilines is 2. The number of fused-ring (bicyclic) bond motifs is 4. The maximum atomic E-state index is 12.2. The molecule has 6 heterocycles. The Balaban J connectivity index is 0.000000166. The van der Waals surface area contributed by atoms with Crippen LogP contribution in [-0.4, -0.2) is 95.2 Å². The monoisotopic (exact) mass is 972 g/mol. The fourth-order valence-electron chi connectivity index (χ4n) is 9.50. The van der Waals surface area contributed by atoms with Crippen LogP contribution in [0.3, 0.4) is 0 Å². The van der Waals surface area contributed by atoms with Crippen molar-refractivity contribution in [2.75, 3.05) is 23.1 Å². The number of nitrogens with one attached hydrogen (secondary N) is 7. The Kier molecular flexibility index (Phi) is 13.7. The summed E-state index contributed by atoms with van der Waals surface area (Å²) in [6.07, 6.45) is 9.82. The number of hydrogen-bond acceptors (Lipinski definition) is 13. The maximum Gasteiger partial charge on any atom is 0.253 e. The van der Waals surface area contributed by atoms with E-state index >= 15 is 0 Å². The molecule has 0 bridgehead atoms. The molecule has 18 nitrogen and oxygen atoms in total. The average molecular weight is 974 g/mol. The smallest absolute Gasteiger partial charge is 0.253 e. The molecule has 2 aromatic carbocycles. The largest absolute Gasteiger partial charge is 0.366 e. The average Bonchev–Trinajstić information content (AvgIpc) is 4.01. The number of hydrogen-bond donors (Lipinski definition) is 8. The molecule has 4 aliphatic rings. The molecule has 21 heteroatoms. The van der Waals surface area contributed by atoms with Crippen LogP contribution < -0.4 is 31.7 Å². The highest BCUT2D eigenvalue weighted by molar-refractivity contribution is 8.13. The molecular weight excluding hydrogens is 916 g/mol. The molecule has 2 saturated carbocycles. The van der Waals surface area contributed by atoms with E-state index in [1.807, 2.05) is 76.2 Å². The van der Waals surface area contributed by atoms with Crippen LogP contribution in [0.15, 0.2) is 48.5 Å². The number of carbonyl (C=O) groups is 2. The Bertz CT molecular complexity index is 3100. The molecule has 356 valence electrons. The van der Waals surface area contributed by atoms with Crippen molar-refractivity contribution in [3.05, 3.63) is 82.4 Å². The van der Waals surface area contributed by atoms with Crippen molar-refractivity contribution in [1.82, 2.24) is 45.3 Å². The Labute approximate surface area is 394 Å². The van der Waals surface area contributed by atoms with Gasteiger partial charge in [0.25, 0.3) is 11.8 Å². The molecule has 9 N–H and O–H groups in total. The van der Waals surface area contributed by atoms with Crippen molar-refractivity contribution in [2.24, 2.45) is 5.73 Å². The maximum absolute atomic E-state index is 12.2. The third-order valence-corrected chi connectivity index (χ3v) is 13.3. The number of H-pyrrole nitrogens is 2. The molecule has 67 heavy (non-hydrogen) atoms. The van der Waals surface area contributed by atoms with Crippen LogP contribution in [-0.2, 0) is 19.1 Å². The number of nitrogens with two attached hydrogens (primary N) is 1. The Morgan fingerprint density at radius 2 is 1.07 bits per heavy atom. The highest BCUT2D eigenvalue weighted by Gasteiger charge is 2.31. The molecule has 0 saturated heterocycles. The number of benzene rings is 2. The second kappa shape index (κ2) is 19.1. The molecule has 6 aromatic rings. The topological polar surface area (TPSA) is 272 Å². The summed E-state index contributed by atoms with van der Waals surface area (Å²) in [7, 11) is -1.93. The lowest BCUT2D eigenvalue weighted by molar-refractivity contribution is 0.0950. The molecule has 2 amide bonds. The zero-order valence-electron chi connectivity index (χ0n) is 38.2. The second-order valence-corrected chi connectivity index (χ2v) is 22.9. The van der Waals surface area contributed by atoms with E-state index in [1.54, 1.807) is 0 Å². The van der Waals surface area contributed by atoms with E-state index in [-0.39, 0.29) is 42.0 Å². The molecule has 2 fully saturated rings. The fourth-order valence-corrected chi connectivity index (χ4v) is 10.3. The lowest BCUT2D eigenvalue weighted by Gasteiger charge is -2.30. The van der Waals surface area contributed by atoms with Gasteiger partial charge < -0.3 is 37.0 Å². The highest BCUT2D eigenvalue weighted by Crippen LogP contribution is 2.36. The molecule has 2 aliphatic carbocycles. The normalized spacial score (nSPS) is 22.4. The van der Waals surface area contributed by atoms with Crippen LogP contribution in [0.2, 0.25) is 0 Å². The minimum Gasteiger partial charge on any atom is -0.366 e. The summed E-state index contributed by atoms with van der Waals surface area (Å²) >= 11 is 0. The number of rotatable bonds is 8. The van der Waals surface area contributed by atoms with E-state index in [0.717, 1.165) is 124 Å². The number of halogens is 1. The van der Waals surface area contributed by atoms with Gasteiger partial charge in [0.2, 0.25) is 19.1 Å². The number of aromatic nitrogens is 6. The quantitative estimate of drug-likeness (QED) is 0.0747. The van der Waals surface area contributed by atoms with E-state index in [2.05, 4.69) is 46.6 Å². The van der Waals surface area contributed by atoms with Gasteiger partial charge in [-0.25, -0.2) is 41.5 Å². The minimum atomic E-state index is -3.24. The number of carbonyl (C=O) groups excluding carboxylic acids is 2. The molecule has 2 aliphatic heterocycles. The zero-order valence-corrected chi connectivity index (χ0v) is 40.6. The highest BCUT2D eigenvalue weighted by atomic mass is 35.7. The number of nitrogens with zero attached hydrogens (tertiary/aromatic N) is 4. The van der Waals surface area contributed by atoms with Gasteiger partial charge >= 0.3 is 0 Å². The van der Waals surface area contributed by atoms with Crippen LogP contribution in [0, 0.1) is 13.8 Å². The van der Waals surface area contributed by atoms with Crippen LogP contribution in [0.25, 0.3) is 44.6 Å². The molecule has 0 unspecified atom stereocenters. The first-order chi connectivity index (χ1) is 31.7. The molecule has 4 aromatic heterocycles. The van der Waals surface area contributed by atoms with Crippen LogP contribution in [0.4, 0.5) is 11.6 Å². The van der Waals surface area contributed by atoms with E-state index in [9.17, 15) is 26.4 Å². The number of aryl methyl sites for hydroxylation is 2. The molecular formula is C46H57ClN12O6S2. The van der Waals surface area contributed by atoms with Gasteiger partial charge in [-0.1, -0.05) is 24.3 Å². The fraction of sp³-hybridized carbons (Fsp3) is 0.435. The molecule has 0 spiro atoms. The number of aromatic amines is 2. The van der Waals surface area contributed by atoms with Crippen molar-refractivity contribution in [1.29, 1.82) is 0 Å². The minimum absolute atomic E-state index is 0.0118.